The summed E-state index contributed by atoms with van der Waals surface area (Å²) in [6, 6.07) is 27.1. The second-order valence-electron chi connectivity index (χ2n) is 8.34. The summed E-state index contributed by atoms with van der Waals surface area (Å²) in [4.78, 5) is 13.3. The van der Waals surface area contributed by atoms with Crippen LogP contribution in [0.15, 0.2) is 84.9 Å². The molecule has 0 atom stereocenters. The van der Waals surface area contributed by atoms with Crippen LogP contribution < -0.4 is 21.3 Å². The lowest BCUT2D eigenvalue weighted by atomic mass is 9.96. The van der Waals surface area contributed by atoms with Gasteiger partial charge in [-0.1, -0.05) is 65.7 Å². The first-order valence-electron chi connectivity index (χ1n) is 11.2. The molecule has 0 bridgehead atoms. The summed E-state index contributed by atoms with van der Waals surface area (Å²) in [5, 5.41) is 18.5. The number of benzene rings is 5. The zero-order valence-corrected chi connectivity index (χ0v) is 20.0. The van der Waals surface area contributed by atoms with E-state index in [1.807, 2.05) is 48.5 Å². The van der Waals surface area contributed by atoms with Crippen molar-refractivity contribution in [3.63, 3.8) is 0 Å². The molecule has 0 fully saturated rings. The molecule has 0 saturated heterocycles. The van der Waals surface area contributed by atoms with E-state index in [-0.39, 0.29) is 5.91 Å². The Balaban J connectivity index is 1.58. The minimum atomic E-state index is -0.329. The maximum Gasteiger partial charge on any atom is 0.257 e. The predicted molar refractivity (Wildman–Crippen MR) is 148 cm³/mol. The van der Waals surface area contributed by atoms with Crippen LogP contribution in [0.25, 0.3) is 21.5 Å². The quantitative estimate of drug-likeness (QED) is 0.189. The molecule has 1 aliphatic rings. The Kier molecular flexibility index (Phi) is 5.36. The molecule has 5 aromatic carbocycles. The number of halogens is 2. The van der Waals surface area contributed by atoms with Gasteiger partial charge in [-0.05, 0) is 47.9 Å². The van der Waals surface area contributed by atoms with Crippen molar-refractivity contribution in [2.75, 3.05) is 27.9 Å². The third-order valence-corrected chi connectivity index (χ3v) is 6.72. The number of amides is 1. The Bertz CT molecular complexity index is 1620. The molecule has 1 heterocycles. The van der Waals surface area contributed by atoms with Crippen LogP contribution in [0, 0.1) is 0 Å². The lowest BCUT2D eigenvalue weighted by molar-refractivity contribution is 0.102. The van der Waals surface area contributed by atoms with Gasteiger partial charge in [-0.15, -0.1) is 0 Å². The average molecular weight is 499 g/mol. The molecular formula is C28H20Cl2N4O. The van der Waals surface area contributed by atoms with Crippen molar-refractivity contribution in [3.8, 4) is 0 Å². The Hall–Kier alpha value is -3.93. The van der Waals surface area contributed by atoms with Crippen molar-refractivity contribution >= 4 is 79.1 Å². The molecule has 0 saturated carbocycles. The van der Waals surface area contributed by atoms with Crippen molar-refractivity contribution in [3.05, 3.63) is 101 Å². The second kappa shape index (κ2) is 8.69. The summed E-state index contributed by atoms with van der Waals surface area (Å²) in [7, 11) is 0. The monoisotopic (exact) mass is 498 g/mol. The van der Waals surface area contributed by atoms with Crippen LogP contribution in [0.4, 0.5) is 28.4 Å². The van der Waals surface area contributed by atoms with Crippen molar-refractivity contribution < 1.29 is 4.79 Å². The molecule has 6 rings (SSSR count). The first-order valence-corrected chi connectivity index (χ1v) is 11.9. The van der Waals surface area contributed by atoms with Gasteiger partial charge >= 0.3 is 0 Å². The van der Waals surface area contributed by atoms with Gasteiger partial charge in [0, 0.05) is 26.9 Å². The van der Waals surface area contributed by atoms with Crippen LogP contribution in [0.2, 0.25) is 10.0 Å². The SMILES string of the molecule is O=C(Nc1cc(Nc2ccccc2)c2c3c(c4ccccc4cc13)NCN2)c1cc(Cl)ccc1Cl. The summed E-state index contributed by atoms with van der Waals surface area (Å²) in [6.45, 7) is 0.587. The zero-order chi connectivity index (χ0) is 23.9. The number of hydrogen-bond acceptors (Lipinski definition) is 4. The van der Waals surface area contributed by atoms with Crippen LogP contribution in [0.1, 0.15) is 10.4 Å². The van der Waals surface area contributed by atoms with Gasteiger partial charge in [0.15, 0.2) is 0 Å². The number of nitrogens with one attached hydrogen (secondary N) is 4. The number of para-hydroxylation sites is 1. The van der Waals surface area contributed by atoms with E-state index < -0.39 is 0 Å². The Labute approximate surface area is 212 Å². The van der Waals surface area contributed by atoms with E-state index in [4.69, 9.17) is 23.2 Å². The Morgan fingerprint density at radius 3 is 2.40 bits per heavy atom. The number of hydrogen-bond donors (Lipinski definition) is 4. The van der Waals surface area contributed by atoms with Gasteiger partial charge < -0.3 is 21.3 Å². The van der Waals surface area contributed by atoms with Gasteiger partial charge in [0.2, 0.25) is 0 Å². The number of carbonyl (C=O) groups is 1. The van der Waals surface area contributed by atoms with E-state index >= 15 is 0 Å². The van der Waals surface area contributed by atoms with Crippen LogP contribution in [0.3, 0.4) is 0 Å². The number of anilines is 5. The lowest BCUT2D eigenvalue weighted by Crippen LogP contribution is -2.19. The highest BCUT2D eigenvalue weighted by Crippen LogP contribution is 2.47. The normalized spacial score (nSPS) is 12.2. The molecule has 1 amide bonds. The molecule has 5 nitrogen and oxygen atoms in total. The second-order valence-corrected chi connectivity index (χ2v) is 9.19. The fraction of sp³-hybridized carbons (Fsp3) is 0.0357. The van der Waals surface area contributed by atoms with E-state index in [1.165, 1.54) is 0 Å². The maximum atomic E-state index is 13.3. The minimum Gasteiger partial charge on any atom is -0.367 e. The number of carbonyl (C=O) groups excluding carboxylic acids is 1. The fourth-order valence-corrected chi connectivity index (χ4v) is 4.95. The smallest absolute Gasteiger partial charge is 0.257 e. The third-order valence-electron chi connectivity index (χ3n) is 6.15. The zero-order valence-electron chi connectivity index (χ0n) is 18.5. The molecular weight excluding hydrogens is 479 g/mol. The van der Waals surface area contributed by atoms with Crippen LogP contribution in [-0.4, -0.2) is 12.6 Å². The highest BCUT2D eigenvalue weighted by molar-refractivity contribution is 6.36. The van der Waals surface area contributed by atoms with Gasteiger partial charge in [0.1, 0.15) is 0 Å². The average Bonchev–Trinajstić information content (AvgIpc) is 2.88. The molecule has 0 unspecified atom stereocenters. The summed E-state index contributed by atoms with van der Waals surface area (Å²) in [5.41, 5.74) is 4.79. The van der Waals surface area contributed by atoms with Gasteiger partial charge in [-0.25, -0.2) is 0 Å². The van der Waals surface area contributed by atoms with Crippen LogP contribution >= 0.6 is 23.2 Å². The molecule has 5 aromatic rings. The van der Waals surface area contributed by atoms with E-state index in [0.29, 0.717) is 28.0 Å². The topological polar surface area (TPSA) is 65.2 Å². The molecule has 172 valence electrons. The van der Waals surface area contributed by atoms with Crippen molar-refractivity contribution in [2.45, 2.75) is 0 Å². The highest BCUT2D eigenvalue weighted by atomic mass is 35.5. The molecule has 4 N–H and O–H groups in total. The van der Waals surface area contributed by atoms with Crippen LogP contribution in [0.5, 0.6) is 0 Å². The summed E-state index contributed by atoms with van der Waals surface area (Å²) in [5.74, 6) is -0.329. The van der Waals surface area contributed by atoms with Gasteiger partial charge in [0.05, 0.1) is 40.0 Å². The predicted octanol–water partition coefficient (Wildman–Crippen LogP) is 8.09. The molecule has 0 spiro atoms. The van der Waals surface area contributed by atoms with E-state index in [1.54, 1.807) is 18.2 Å². The van der Waals surface area contributed by atoms with E-state index in [9.17, 15) is 4.79 Å². The lowest BCUT2D eigenvalue weighted by Gasteiger charge is -2.27. The first-order chi connectivity index (χ1) is 17.1. The third kappa shape index (κ3) is 3.89. The minimum absolute atomic E-state index is 0.318. The van der Waals surface area contributed by atoms with Crippen LogP contribution in [-0.2, 0) is 0 Å². The van der Waals surface area contributed by atoms with E-state index in [2.05, 4.69) is 39.5 Å². The Morgan fingerprint density at radius 2 is 1.54 bits per heavy atom. The standard InChI is InChI=1S/C28H20Cl2N4O/c29-17-10-11-22(30)20(13-17)28(35)34-23-14-24(33-18-7-2-1-3-8-18)27-25-21(23)12-16-6-4-5-9-19(16)26(25)31-15-32-27/h1-14,31-33H,15H2,(H,34,35). The summed E-state index contributed by atoms with van der Waals surface area (Å²) in [6.07, 6.45) is 0. The van der Waals surface area contributed by atoms with Gasteiger partial charge in [-0.3, -0.25) is 4.79 Å². The molecule has 35 heavy (non-hydrogen) atoms. The fourth-order valence-electron chi connectivity index (χ4n) is 4.58. The van der Waals surface area contributed by atoms with Gasteiger partial charge in [0.25, 0.3) is 5.91 Å². The molecule has 0 radical (unpaired) electrons. The summed E-state index contributed by atoms with van der Waals surface area (Å²) < 4.78 is 0. The van der Waals surface area contributed by atoms with Crippen molar-refractivity contribution in [2.24, 2.45) is 0 Å². The largest absolute Gasteiger partial charge is 0.367 e. The molecule has 0 aromatic heterocycles. The number of rotatable bonds is 4. The molecule has 1 aliphatic heterocycles. The van der Waals surface area contributed by atoms with Gasteiger partial charge in [-0.2, -0.15) is 0 Å². The van der Waals surface area contributed by atoms with Crippen molar-refractivity contribution in [1.29, 1.82) is 0 Å². The Morgan fingerprint density at radius 1 is 0.771 bits per heavy atom. The summed E-state index contributed by atoms with van der Waals surface area (Å²) >= 11 is 12.5. The molecule has 7 heteroatoms. The highest BCUT2D eigenvalue weighted by Gasteiger charge is 2.22. The first kappa shape index (κ1) is 21.6. The molecule has 0 aliphatic carbocycles. The van der Waals surface area contributed by atoms with E-state index in [0.717, 1.165) is 44.3 Å². The number of fused-ring (bicyclic) bond motifs is 2. The maximum absolute atomic E-state index is 13.3. The van der Waals surface area contributed by atoms with Crippen molar-refractivity contribution in [1.82, 2.24) is 0 Å².